The van der Waals surface area contributed by atoms with E-state index in [9.17, 15) is 0 Å². The second-order valence-electron chi connectivity index (χ2n) is 1.16. The maximum atomic E-state index is 8.59. The van der Waals surface area contributed by atoms with Gasteiger partial charge < -0.3 is 5.11 Å². The molecule has 0 radical (unpaired) electrons. The number of thiazole rings is 1. The molecule has 0 unspecified atom stereocenters. The van der Waals surface area contributed by atoms with Crippen molar-refractivity contribution >= 4 is 11.3 Å². The topological polar surface area (TPSA) is 33.1 Å². The maximum Gasteiger partial charge on any atom is 0.223 e. The summed E-state index contributed by atoms with van der Waals surface area (Å²) in [5.41, 5.74) is 0. The van der Waals surface area contributed by atoms with Crippen molar-refractivity contribution in [1.82, 2.24) is 4.98 Å². The molecular formula is C8H9NOS. The van der Waals surface area contributed by atoms with Crippen LogP contribution in [0, 0.1) is 25.2 Å². The molecule has 0 atom stereocenters. The summed E-state index contributed by atoms with van der Waals surface area (Å²) in [6, 6.07) is 0. The van der Waals surface area contributed by atoms with Crippen molar-refractivity contribution in [3.05, 3.63) is 10.4 Å². The Morgan fingerprint density at radius 2 is 2.09 bits per heavy atom. The fourth-order valence-electron chi connectivity index (χ4n) is 0.332. The number of aromatic nitrogens is 1. The summed E-state index contributed by atoms with van der Waals surface area (Å²) in [6.45, 7) is 0. The minimum absolute atomic E-state index is 0. The quantitative estimate of drug-likeness (QED) is 0.597. The molecular weight excluding hydrogens is 158 g/mol. The van der Waals surface area contributed by atoms with Gasteiger partial charge in [0.25, 0.3) is 0 Å². The van der Waals surface area contributed by atoms with E-state index in [4.69, 9.17) is 11.5 Å². The van der Waals surface area contributed by atoms with E-state index in [1.807, 2.05) is 0 Å². The lowest BCUT2D eigenvalue weighted by atomic mass is 10.7. The predicted molar refractivity (Wildman–Crippen MR) is 48.3 cm³/mol. The molecule has 0 bridgehead atoms. The Morgan fingerprint density at radius 3 is 2.27 bits per heavy atom. The maximum absolute atomic E-state index is 8.59. The van der Waals surface area contributed by atoms with Crippen LogP contribution in [0.25, 0.3) is 0 Å². The molecule has 1 aromatic heterocycles. The monoisotopic (exact) mass is 167 g/mol. The molecule has 0 aliphatic heterocycles. The number of terminal acetylenes is 2. The zero-order valence-corrected chi connectivity index (χ0v) is 5.93. The predicted octanol–water partition coefficient (Wildman–Crippen LogP) is 1.72. The van der Waals surface area contributed by atoms with Crippen LogP contribution in [0.4, 0.5) is 0 Å². The fourth-order valence-corrected chi connectivity index (χ4v) is 0.816. The van der Waals surface area contributed by atoms with E-state index in [-0.39, 0.29) is 13.3 Å². The number of hydrogen-bond acceptors (Lipinski definition) is 3. The number of aromatic hydroxyl groups is 1. The van der Waals surface area contributed by atoms with Gasteiger partial charge in [0, 0.05) is 0 Å². The van der Waals surface area contributed by atoms with Gasteiger partial charge in [-0.15, -0.1) is 30.6 Å². The van der Waals surface area contributed by atoms with Crippen LogP contribution in [-0.2, 0) is 0 Å². The van der Waals surface area contributed by atoms with Crippen LogP contribution in [0.15, 0.2) is 5.38 Å². The second kappa shape index (κ2) is 6.67. The van der Waals surface area contributed by atoms with Gasteiger partial charge in [0.1, 0.15) is 0 Å². The molecule has 11 heavy (non-hydrogen) atoms. The summed E-state index contributed by atoms with van der Waals surface area (Å²) in [4.78, 5) is 3.57. The third-order valence-corrected chi connectivity index (χ3v) is 1.38. The van der Waals surface area contributed by atoms with Crippen LogP contribution >= 0.6 is 11.3 Å². The standard InChI is InChI=1S/C5H3NOS.C2H2.CH4/c1-2-5-6-4(7)3-8-5;1-2;/h1,3,7H;1-2H;1H4. The highest BCUT2D eigenvalue weighted by molar-refractivity contribution is 7.10. The first-order valence-corrected chi connectivity index (χ1v) is 3.15. The van der Waals surface area contributed by atoms with E-state index in [1.54, 1.807) is 0 Å². The Morgan fingerprint density at radius 1 is 1.55 bits per heavy atom. The molecule has 0 saturated heterocycles. The summed E-state index contributed by atoms with van der Waals surface area (Å²) in [5.74, 6) is 2.30. The highest BCUT2D eigenvalue weighted by Gasteiger charge is 1.92. The summed E-state index contributed by atoms with van der Waals surface area (Å²) in [7, 11) is 0. The summed E-state index contributed by atoms with van der Waals surface area (Å²) >= 11 is 1.25. The lowest BCUT2D eigenvalue weighted by Crippen LogP contribution is -1.65. The number of hydrogen-bond donors (Lipinski definition) is 1. The van der Waals surface area contributed by atoms with E-state index in [1.165, 1.54) is 16.7 Å². The van der Waals surface area contributed by atoms with Crippen LogP contribution in [0.5, 0.6) is 5.88 Å². The molecule has 1 N–H and O–H groups in total. The highest BCUT2D eigenvalue weighted by Crippen LogP contribution is 2.12. The van der Waals surface area contributed by atoms with Crippen molar-refractivity contribution in [1.29, 1.82) is 0 Å². The summed E-state index contributed by atoms with van der Waals surface area (Å²) < 4.78 is 0. The molecule has 3 heteroatoms. The van der Waals surface area contributed by atoms with Crippen LogP contribution in [0.1, 0.15) is 12.4 Å². The van der Waals surface area contributed by atoms with Crippen molar-refractivity contribution in [3.63, 3.8) is 0 Å². The molecule has 0 aliphatic carbocycles. The SMILES string of the molecule is C.C#C.C#Cc1nc(O)cs1. The molecule has 0 amide bonds. The zero-order valence-electron chi connectivity index (χ0n) is 5.11. The first kappa shape index (κ1) is 12.2. The molecule has 0 aliphatic rings. The molecule has 2 nitrogen and oxygen atoms in total. The third kappa shape index (κ3) is 4.02. The van der Waals surface area contributed by atoms with Crippen molar-refractivity contribution in [3.8, 4) is 31.1 Å². The van der Waals surface area contributed by atoms with Crippen molar-refractivity contribution < 1.29 is 5.11 Å². The molecule has 0 spiro atoms. The molecule has 0 saturated carbocycles. The Hall–Kier alpha value is -1.45. The van der Waals surface area contributed by atoms with Gasteiger partial charge in [0.05, 0.1) is 5.38 Å². The van der Waals surface area contributed by atoms with Crippen molar-refractivity contribution in [2.24, 2.45) is 0 Å². The van der Waals surface area contributed by atoms with Gasteiger partial charge in [-0.3, -0.25) is 0 Å². The lowest BCUT2D eigenvalue weighted by molar-refractivity contribution is 0.457. The van der Waals surface area contributed by atoms with E-state index in [0.29, 0.717) is 5.01 Å². The average molecular weight is 167 g/mol. The van der Waals surface area contributed by atoms with Crippen LogP contribution < -0.4 is 0 Å². The summed E-state index contributed by atoms with van der Waals surface area (Å²) in [5, 5.41) is 10.6. The molecule has 1 heterocycles. The van der Waals surface area contributed by atoms with Crippen molar-refractivity contribution in [2.75, 3.05) is 0 Å². The summed E-state index contributed by atoms with van der Waals surface area (Å²) in [6.07, 6.45) is 12.9. The highest BCUT2D eigenvalue weighted by atomic mass is 32.1. The van der Waals surface area contributed by atoms with Crippen LogP contribution in [0.3, 0.4) is 0 Å². The second-order valence-corrected chi connectivity index (χ2v) is 2.01. The third-order valence-electron chi connectivity index (χ3n) is 0.616. The van der Waals surface area contributed by atoms with Gasteiger partial charge in [-0.25, -0.2) is 0 Å². The first-order valence-electron chi connectivity index (χ1n) is 2.27. The normalized spacial score (nSPS) is 6.27. The lowest BCUT2D eigenvalue weighted by Gasteiger charge is -1.71. The number of nitrogens with zero attached hydrogens (tertiary/aromatic N) is 1. The van der Waals surface area contributed by atoms with Gasteiger partial charge in [-0.05, 0) is 5.92 Å². The van der Waals surface area contributed by atoms with Gasteiger partial charge in [-0.2, -0.15) is 4.98 Å². The largest absolute Gasteiger partial charge is 0.493 e. The Labute approximate surface area is 70.9 Å². The first-order chi connectivity index (χ1) is 4.83. The van der Waals surface area contributed by atoms with Gasteiger partial charge in [0.2, 0.25) is 5.88 Å². The molecule has 58 valence electrons. The molecule has 1 aromatic rings. The van der Waals surface area contributed by atoms with Gasteiger partial charge in [-0.1, -0.05) is 7.43 Å². The van der Waals surface area contributed by atoms with E-state index in [2.05, 4.69) is 23.8 Å². The number of rotatable bonds is 0. The van der Waals surface area contributed by atoms with Crippen LogP contribution in [-0.4, -0.2) is 10.1 Å². The Bertz CT molecular complexity index is 257. The van der Waals surface area contributed by atoms with Gasteiger partial charge >= 0.3 is 0 Å². The fraction of sp³-hybridized carbons (Fsp3) is 0.125. The molecule has 0 fully saturated rings. The van der Waals surface area contributed by atoms with Crippen LogP contribution in [0.2, 0.25) is 0 Å². The minimum Gasteiger partial charge on any atom is -0.493 e. The van der Waals surface area contributed by atoms with Crippen molar-refractivity contribution in [2.45, 2.75) is 7.43 Å². The average Bonchev–Trinajstić information content (AvgIpc) is 2.40. The smallest absolute Gasteiger partial charge is 0.223 e. The Balaban J connectivity index is 0. The zero-order chi connectivity index (χ0) is 7.98. The minimum atomic E-state index is 0. The van der Waals surface area contributed by atoms with E-state index in [0.717, 1.165) is 0 Å². The van der Waals surface area contributed by atoms with Gasteiger partial charge in [0.15, 0.2) is 5.01 Å². The Kier molecular flexibility index (Phi) is 7.42. The molecule has 0 aromatic carbocycles. The van der Waals surface area contributed by atoms with E-state index < -0.39 is 0 Å². The molecule has 1 rings (SSSR count). The van der Waals surface area contributed by atoms with E-state index >= 15 is 0 Å².